The van der Waals surface area contributed by atoms with E-state index in [4.69, 9.17) is 13.9 Å². The number of ketones is 1. The Labute approximate surface area is 176 Å². The normalized spacial score (nSPS) is 11.9. The number of carbonyl (C=O) groups excluding carboxylic acids is 3. The van der Waals surface area contributed by atoms with Gasteiger partial charge in [-0.15, -0.1) is 0 Å². The highest BCUT2D eigenvalue weighted by molar-refractivity contribution is 6.07. The molecule has 1 amide bonds. The van der Waals surface area contributed by atoms with Gasteiger partial charge >= 0.3 is 5.97 Å². The molecule has 0 bridgehead atoms. The van der Waals surface area contributed by atoms with Crippen LogP contribution in [0.1, 0.15) is 62.9 Å². The number of furan rings is 1. The Bertz CT molecular complexity index is 897. The third kappa shape index (κ3) is 4.64. The lowest BCUT2D eigenvalue weighted by Gasteiger charge is -2.28. The minimum atomic E-state index is -0.755. The predicted octanol–water partition coefficient (Wildman–Crippen LogP) is 3.16. The van der Waals surface area contributed by atoms with E-state index in [0.717, 1.165) is 0 Å². The van der Waals surface area contributed by atoms with E-state index in [9.17, 15) is 14.4 Å². The van der Waals surface area contributed by atoms with Crippen molar-refractivity contribution in [1.29, 1.82) is 0 Å². The van der Waals surface area contributed by atoms with Gasteiger partial charge in [-0.05, 0) is 51.8 Å². The topological polar surface area (TPSA) is 91.0 Å². The fourth-order valence-corrected chi connectivity index (χ4v) is 3.57. The van der Waals surface area contributed by atoms with Crippen LogP contribution in [0, 0.1) is 13.8 Å². The van der Waals surface area contributed by atoms with Crippen molar-refractivity contribution in [2.24, 2.45) is 7.05 Å². The lowest BCUT2D eigenvalue weighted by Crippen LogP contribution is -2.44. The van der Waals surface area contributed by atoms with Gasteiger partial charge in [0.2, 0.25) is 0 Å². The number of hydrogen-bond acceptors (Lipinski definition) is 6. The van der Waals surface area contributed by atoms with Gasteiger partial charge in [-0.25, -0.2) is 4.79 Å². The number of Topliss-reactive ketones (excluding diaryl/α,β-unsaturated/α-hetero) is 1. The first-order chi connectivity index (χ1) is 14.3. The predicted molar refractivity (Wildman–Crippen MR) is 111 cm³/mol. The number of amides is 1. The SMILES string of the molecule is CCOCCCN(C(=O)c1ccco1)C(C)C(=O)c1c(C)c(C(=O)OC)n(C)c1C. The first-order valence-electron chi connectivity index (χ1n) is 9.96. The summed E-state index contributed by atoms with van der Waals surface area (Å²) in [6, 6.07) is 2.45. The van der Waals surface area contributed by atoms with Gasteiger partial charge in [0.05, 0.1) is 19.4 Å². The molecule has 0 aliphatic carbocycles. The van der Waals surface area contributed by atoms with Crippen molar-refractivity contribution in [3.05, 3.63) is 46.7 Å². The Hall–Kier alpha value is -2.87. The van der Waals surface area contributed by atoms with Gasteiger partial charge in [0, 0.05) is 38.1 Å². The van der Waals surface area contributed by atoms with Crippen LogP contribution in [0.25, 0.3) is 0 Å². The summed E-state index contributed by atoms with van der Waals surface area (Å²) in [6.45, 7) is 8.47. The van der Waals surface area contributed by atoms with Gasteiger partial charge in [0.25, 0.3) is 5.91 Å². The van der Waals surface area contributed by atoms with Crippen LogP contribution in [-0.4, -0.2) is 60.0 Å². The molecule has 0 saturated carbocycles. The molecule has 2 aromatic rings. The molecule has 0 radical (unpaired) electrons. The van der Waals surface area contributed by atoms with Crippen LogP contribution in [0.4, 0.5) is 0 Å². The Morgan fingerprint density at radius 3 is 2.53 bits per heavy atom. The molecule has 0 N–H and O–H groups in total. The van der Waals surface area contributed by atoms with E-state index in [1.165, 1.54) is 18.3 Å². The molecule has 2 aromatic heterocycles. The summed E-state index contributed by atoms with van der Waals surface area (Å²) in [5.74, 6) is -0.948. The number of nitrogens with zero attached hydrogens (tertiary/aromatic N) is 2. The lowest BCUT2D eigenvalue weighted by molar-refractivity contribution is 0.0570. The smallest absolute Gasteiger partial charge is 0.354 e. The van der Waals surface area contributed by atoms with E-state index in [2.05, 4.69) is 0 Å². The highest BCUT2D eigenvalue weighted by Crippen LogP contribution is 2.25. The maximum Gasteiger partial charge on any atom is 0.354 e. The number of esters is 1. The summed E-state index contributed by atoms with van der Waals surface area (Å²) in [5.41, 5.74) is 1.93. The Balaban J connectivity index is 2.37. The van der Waals surface area contributed by atoms with E-state index >= 15 is 0 Å². The van der Waals surface area contributed by atoms with Crippen molar-refractivity contribution in [1.82, 2.24) is 9.47 Å². The molecule has 0 aliphatic heterocycles. The lowest BCUT2D eigenvalue weighted by atomic mass is 9.99. The summed E-state index contributed by atoms with van der Waals surface area (Å²) in [6.07, 6.45) is 2.00. The van der Waals surface area contributed by atoms with Crippen LogP contribution < -0.4 is 0 Å². The zero-order valence-corrected chi connectivity index (χ0v) is 18.5. The second-order valence-electron chi connectivity index (χ2n) is 7.05. The summed E-state index contributed by atoms with van der Waals surface area (Å²) in [7, 11) is 3.01. The van der Waals surface area contributed by atoms with E-state index in [1.807, 2.05) is 6.92 Å². The van der Waals surface area contributed by atoms with Gasteiger partial charge in [-0.2, -0.15) is 0 Å². The zero-order chi connectivity index (χ0) is 22.4. The Morgan fingerprint density at radius 2 is 1.97 bits per heavy atom. The quantitative estimate of drug-likeness (QED) is 0.334. The molecule has 0 saturated heterocycles. The van der Waals surface area contributed by atoms with Gasteiger partial charge in [0.1, 0.15) is 5.69 Å². The summed E-state index contributed by atoms with van der Waals surface area (Å²) < 4.78 is 17.1. The van der Waals surface area contributed by atoms with Crippen LogP contribution in [0.3, 0.4) is 0 Å². The van der Waals surface area contributed by atoms with Crippen molar-refractivity contribution in [3.8, 4) is 0 Å². The monoisotopic (exact) mass is 418 g/mol. The molecule has 2 rings (SSSR count). The highest BCUT2D eigenvalue weighted by Gasteiger charge is 2.33. The number of rotatable bonds is 10. The van der Waals surface area contributed by atoms with Crippen LogP contribution in [0.15, 0.2) is 22.8 Å². The van der Waals surface area contributed by atoms with Gasteiger partial charge in [-0.3, -0.25) is 9.59 Å². The molecule has 0 aromatic carbocycles. The minimum absolute atomic E-state index is 0.169. The third-order valence-corrected chi connectivity index (χ3v) is 5.29. The fourth-order valence-electron chi connectivity index (χ4n) is 3.57. The van der Waals surface area contributed by atoms with E-state index in [-0.39, 0.29) is 17.5 Å². The molecule has 0 fully saturated rings. The maximum atomic E-state index is 13.4. The van der Waals surface area contributed by atoms with Crippen LogP contribution in [-0.2, 0) is 16.5 Å². The van der Waals surface area contributed by atoms with E-state index < -0.39 is 12.0 Å². The second-order valence-corrected chi connectivity index (χ2v) is 7.05. The average Bonchev–Trinajstić information content (AvgIpc) is 3.34. The maximum absolute atomic E-state index is 13.4. The van der Waals surface area contributed by atoms with Gasteiger partial charge in [-0.1, -0.05) is 0 Å². The molecular weight excluding hydrogens is 388 g/mol. The van der Waals surface area contributed by atoms with Gasteiger partial charge < -0.3 is 23.4 Å². The van der Waals surface area contributed by atoms with Crippen LogP contribution in [0.5, 0.6) is 0 Å². The molecule has 0 aliphatic rings. The summed E-state index contributed by atoms with van der Waals surface area (Å²) >= 11 is 0. The fraction of sp³-hybridized carbons (Fsp3) is 0.500. The molecule has 2 heterocycles. The molecule has 8 nitrogen and oxygen atoms in total. The summed E-state index contributed by atoms with van der Waals surface area (Å²) in [5, 5.41) is 0. The first-order valence-corrected chi connectivity index (χ1v) is 9.96. The molecule has 0 spiro atoms. The van der Waals surface area contributed by atoms with Crippen LogP contribution >= 0.6 is 0 Å². The van der Waals surface area contributed by atoms with E-state index in [1.54, 1.807) is 44.5 Å². The molecular formula is C22H30N2O6. The molecule has 164 valence electrons. The summed E-state index contributed by atoms with van der Waals surface area (Å²) in [4.78, 5) is 40.1. The van der Waals surface area contributed by atoms with Crippen molar-refractivity contribution < 1.29 is 28.3 Å². The second kappa shape index (κ2) is 10.2. The largest absolute Gasteiger partial charge is 0.464 e. The average molecular weight is 418 g/mol. The van der Waals surface area contributed by atoms with Crippen molar-refractivity contribution in [3.63, 3.8) is 0 Å². The molecule has 1 unspecified atom stereocenters. The van der Waals surface area contributed by atoms with Crippen molar-refractivity contribution in [2.45, 2.75) is 40.2 Å². The Kier molecular flexibility index (Phi) is 8.00. The standard InChI is InChI=1S/C22H30N2O6/c1-7-29-12-9-11-24(21(26)17-10-8-13-30-17)16(4)20(25)18-14(2)19(22(27)28-6)23(5)15(18)3/h8,10,13,16H,7,9,11-12H2,1-6H3. The Morgan fingerprint density at radius 1 is 1.27 bits per heavy atom. The molecule has 30 heavy (non-hydrogen) atoms. The van der Waals surface area contributed by atoms with Crippen molar-refractivity contribution in [2.75, 3.05) is 26.9 Å². The highest BCUT2D eigenvalue weighted by atomic mass is 16.5. The van der Waals surface area contributed by atoms with E-state index in [0.29, 0.717) is 48.7 Å². The van der Waals surface area contributed by atoms with Gasteiger partial charge in [0.15, 0.2) is 11.5 Å². The first kappa shape index (κ1) is 23.4. The zero-order valence-electron chi connectivity index (χ0n) is 18.5. The van der Waals surface area contributed by atoms with Crippen molar-refractivity contribution >= 4 is 17.7 Å². The number of aromatic nitrogens is 1. The number of ether oxygens (including phenoxy) is 2. The number of hydrogen-bond donors (Lipinski definition) is 0. The molecule has 8 heteroatoms. The minimum Gasteiger partial charge on any atom is -0.464 e. The third-order valence-electron chi connectivity index (χ3n) is 5.29. The van der Waals surface area contributed by atoms with Crippen LogP contribution in [0.2, 0.25) is 0 Å². The number of carbonyl (C=O) groups is 3. The number of methoxy groups -OCH3 is 1. The molecule has 1 atom stereocenters.